The molecular weight excluding hydrogens is 350 g/mol. The Kier molecular flexibility index (Phi) is 5.76. The molecular formula is C22H29N5O. The van der Waals surface area contributed by atoms with Gasteiger partial charge >= 0.3 is 6.03 Å². The average molecular weight is 380 g/mol. The van der Waals surface area contributed by atoms with Crippen molar-refractivity contribution in [3.63, 3.8) is 0 Å². The van der Waals surface area contributed by atoms with Crippen LogP contribution in [0.3, 0.4) is 0 Å². The number of aromatic nitrogens is 1. The fourth-order valence-electron chi connectivity index (χ4n) is 3.97. The van der Waals surface area contributed by atoms with Crippen molar-refractivity contribution in [3.05, 3.63) is 59.3 Å². The Morgan fingerprint density at radius 3 is 2.64 bits per heavy atom. The first kappa shape index (κ1) is 18.7. The monoisotopic (exact) mass is 379 g/mol. The lowest BCUT2D eigenvalue weighted by molar-refractivity contribution is 0.213. The number of pyridine rings is 1. The molecule has 4 rings (SSSR count). The zero-order valence-electron chi connectivity index (χ0n) is 16.5. The lowest BCUT2D eigenvalue weighted by Gasteiger charge is -2.30. The van der Waals surface area contributed by atoms with Gasteiger partial charge in [-0.3, -0.25) is 0 Å². The number of anilines is 1. The zero-order chi connectivity index (χ0) is 19.3. The molecule has 2 N–H and O–H groups in total. The highest BCUT2D eigenvalue weighted by Gasteiger charge is 2.19. The molecule has 1 aromatic heterocycles. The van der Waals surface area contributed by atoms with Gasteiger partial charge in [0.05, 0.1) is 0 Å². The van der Waals surface area contributed by atoms with E-state index in [0.29, 0.717) is 6.54 Å². The molecule has 28 heavy (non-hydrogen) atoms. The molecule has 0 spiro atoms. The van der Waals surface area contributed by atoms with E-state index in [1.807, 2.05) is 6.20 Å². The van der Waals surface area contributed by atoms with Crippen LogP contribution in [0.2, 0.25) is 0 Å². The Balaban J connectivity index is 1.26. The first-order valence-corrected chi connectivity index (χ1v) is 10.2. The predicted molar refractivity (Wildman–Crippen MR) is 111 cm³/mol. The molecule has 0 unspecified atom stereocenters. The van der Waals surface area contributed by atoms with E-state index in [1.54, 1.807) is 0 Å². The standard InChI is InChI=1S/C22H29N5O/c1-26-11-9-20(10-12-26)25-22(28)24-15-17-6-7-21(23-14-17)27-13-8-18-4-2-3-5-19(18)16-27/h2-7,14,20H,8-13,15-16H2,1H3,(H2,24,25,28). The van der Waals surface area contributed by atoms with Crippen LogP contribution in [0.1, 0.15) is 29.5 Å². The van der Waals surface area contributed by atoms with Crippen molar-refractivity contribution < 1.29 is 4.79 Å². The third-order valence-electron chi connectivity index (χ3n) is 5.77. The largest absolute Gasteiger partial charge is 0.352 e. The third kappa shape index (κ3) is 4.62. The van der Waals surface area contributed by atoms with Crippen molar-refractivity contribution in [2.24, 2.45) is 0 Å². The maximum atomic E-state index is 12.1. The molecule has 2 aliphatic heterocycles. The Morgan fingerprint density at radius 1 is 1.11 bits per heavy atom. The molecule has 0 radical (unpaired) electrons. The fraction of sp³-hybridized carbons (Fsp3) is 0.455. The summed E-state index contributed by atoms with van der Waals surface area (Å²) in [5, 5.41) is 6.03. The van der Waals surface area contributed by atoms with Gasteiger partial charge in [-0.1, -0.05) is 30.3 Å². The Morgan fingerprint density at radius 2 is 1.89 bits per heavy atom. The van der Waals surface area contributed by atoms with Crippen LogP contribution in [0.4, 0.5) is 10.6 Å². The second kappa shape index (κ2) is 8.61. The molecule has 1 aromatic carbocycles. The molecule has 6 heteroatoms. The van der Waals surface area contributed by atoms with Gasteiger partial charge in [-0.15, -0.1) is 0 Å². The highest BCUT2D eigenvalue weighted by atomic mass is 16.2. The van der Waals surface area contributed by atoms with Crippen LogP contribution in [0.5, 0.6) is 0 Å². The number of rotatable bonds is 4. The van der Waals surface area contributed by atoms with Crippen LogP contribution in [0, 0.1) is 0 Å². The predicted octanol–water partition coefficient (Wildman–Crippen LogP) is 2.54. The number of hydrogen-bond donors (Lipinski definition) is 2. The van der Waals surface area contributed by atoms with Crippen LogP contribution >= 0.6 is 0 Å². The van der Waals surface area contributed by atoms with E-state index in [4.69, 9.17) is 0 Å². The first-order valence-electron chi connectivity index (χ1n) is 10.2. The third-order valence-corrected chi connectivity index (χ3v) is 5.77. The van der Waals surface area contributed by atoms with Gasteiger partial charge in [-0.25, -0.2) is 9.78 Å². The van der Waals surface area contributed by atoms with Gasteiger partial charge < -0.3 is 20.4 Å². The molecule has 2 aliphatic rings. The summed E-state index contributed by atoms with van der Waals surface area (Å²) in [7, 11) is 2.12. The number of nitrogens with zero attached hydrogens (tertiary/aromatic N) is 3. The number of benzene rings is 1. The Hall–Kier alpha value is -2.60. The van der Waals surface area contributed by atoms with Gasteiger partial charge in [0.25, 0.3) is 0 Å². The maximum Gasteiger partial charge on any atom is 0.315 e. The molecule has 0 atom stereocenters. The molecule has 0 aliphatic carbocycles. The van der Waals surface area contributed by atoms with Crippen molar-refractivity contribution in [2.45, 2.75) is 38.4 Å². The molecule has 0 bridgehead atoms. The highest BCUT2D eigenvalue weighted by molar-refractivity contribution is 5.74. The summed E-state index contributed by atoms with van der Waals surface area (Å²) in [5.41, 5.74) is 3.83. The van der Waals surface area contributed by atoms with E-state index in [9.17, 15) is 4.79 Å². The summed E-state index contributed by atoms with van der Waals surface area (Å²) >= 11 is 0. The van der Waals surface area contributed by atoms with E-state index < -0.39 is 0 Å². The molecule has 1 fully saturated rings. The second-order valence-corrected chi connectivity index (χ2v) is 7.87. The summed E-state index contributed by atoms with van der Waals surface area (Å²) in [6.45, 7) is 4.46. The molecule has 3 heterocycles. The lowest BCUT2D eigenvalue weighted by Crippen LogP contribution is -2.46. The van der Waals surface area contributed by atoms with E-state index >= 15 is 0 Å². The van der Waals surface area contributed by atoms with E-state index in [2.05, 4.69) is 68.9 Å². The van der Waals surface area contributed by atoms with Crippen molar-refractivity contribution in [1.29, 1.82) is 0 Å². The van der Waals surface area contributed by atoms with Gasteiger partial charge in [0.1, 0.15) is 5.82 Å². The smallest absolute Gasteiger partial charge is 0.315 e. The molecule has 1 saturated heterocycles. The van der Waals surface area contributed by atoms with Gasteiger partial charge in [0.15, 0.2) is 0 Å². The highest BCUT2D eigenvalue weighted by Crippen LogP contribution is 2.22. The van der Waals surface area contributed by atoms with Crippen LogP contribution < -0.4 is 15.5 Å². The summed E-state index contributed by atoms with van der Waals surface area (Å²) < 4.78 is 0. The van der Waals surface area contributed by atoms with E-state index in [0.717, 1.165) is 56.8 Å². The maximum absolute atomic E-state index is 12.1. The van der Waals surface area contributed by atoms with Gasteiger partial charge in [-0.05, 0) is 62.2 Å². The van der Waals surface area contributed by atoms with Crippen molar-refractivity contribution in [2.75, 3.05) is 31.6 Å². The molecule has 6 nitrogen and oxygen atoms in total. The van der Waals surface area contributed by atoms with Crippen molar-refractivity contribution in [3.8, 4) is 0 Å². The number of fused-ring (bicyclic) bond motifs is 1. The zero-order valence-corrected chi connectivity index (χ0v) is 16.5. The van der Waals surface area contributed by atoms with Crippen molar-refractivity contribution in [1.82, 2.24) is 20.5 Å². The fourth-order valence-corrected chi connectivity index (χ4v) is 3.97. The number of likely N-dealkylation sites (tertiary alicyclic amines) is 1. The van der Waals surface area contributed by atoms with Crippen LogP contribution in [-0.4, -0.2) is 48.6 Å². The number of nitrogens with one attached hydrogen (secondary N) is 2. The number of carbonyl (C=O) groups excluding carboxylic acids is 1. The quantitative estimate of drug-likeness (QED) is 0.857. The number of urea groups is 1. The Bertz CT molecular complexity index is 799. The van der Waals surface area contributed by atoms with Crippen LogP contribution in [0.25, 0.3) is 0 Å². The van der Waals surface area contributed by atoms with Crippen LogP contribution in [0.15, 0.2) is 42.6 Å². The number of hydrogen-bond acceptors (Lipinski definition) is 4. The minimum atomic E-state index is -0.0914. The summed E-state index contributed by atoms with van der Waals surface area (Å²) in [5.74, 6) is 0.994. The summed E-state index contributed by atoms with van der Waals surface area (Å²) in [6.07, 6.45) is 4.95. The summed E-state index contributed by atoms with van der Waals surface area (Å²) in [6, 6.07) is 12.9. The van der Waals surface area contributed by atoms with Crippen LogP contribution in [-0.2, 0) is 19.5 Å². The minimum absolute atomic E-state index is 0.0914. The van der Waals surface area contributed by atoms with E-state index in [-0.39, 0.29) is 12.1 Å². The minimum Gasteiger partial charge on any atom is -0.352 e. The topological polar surface area (TPSA) is 60.5 Å². The average Bonchev–Trinajstić information content (AvgIpc) is 2.74. The van der Waals surface area contributed by atoms with Gasteiger partial charge in [0.2, 0.25) is 0 Å². The van der Waals surface area contributed by atoms with Gasteiger partial charge in [0, 0.05) is 31.9 Å². The number of carbonyl (C=O) groups is 1. The molecule has 2 amide bonds. The molecule has 2 aromatic rings. The normalized spacial score (nSPS) is 17.8. The SMILES string of the molecule is CN1CCC(NC(=O)NCc2ccc(N3CCc4ccccc4C3)nc2)CC1. The number of amides is 2. The number of piperidine rings is 1. The lowest BCUT2D eigenvalue weighted by atomic mass is 10.00. The van der Waals surface area contributed by atoms with Gasteiger partial charge in [-0.2, -0.15) is 0 Å². The Labute approximate surface area is 166 Å². The molecule has 148 valence electrons. The van der Waals surface area contributed by atoms with Crippen molar-refractivity contribution >= 4 is 11.8 Å². The first-order chi connectivity index (χ1) is 13.7. The molecule has 0 saturated carbocycles. The second-order valence-electron chi connectivity index (χ2n) is 7.87. The van der Waals surface area contributed by atoms with E-state index in [1.165, 1.54) is 11.1 Å². The summed E-state index contributed by atoms with van der Waals surface area (Å²) in [4.78, 5) is 21.4.